The highest BCUT2D eigenvalue weighted by molar-refractivity contribution is 6.32. The van der Waals surface area contributed by atoms with Crippen LogP contribution >= 0.6 is 0 Å². The number of phenols is 1. The minimum absolute atomic E-state index is 0.166. The molecule has 0 aromatic heterocycles. The average molecular weight is 236 g/mol. The summed E-state index contributed by atoms with van der Waals surface area (Å²) in [6, 6.07) is 10.3. The van der Waals surface area contributed by atoms with Crippen LogP contribution in [0.2, 0.25) is 0 Å². The summed E-state index contributed by atoms with van der Waals surface area (Å²) in [5.41, 5.74) is 9.58. The molecule has 0 fully saturated rings. The zero-order valence-electron chi connectivity index (χ0n) is 10.1. The first kappa shape index (κ1) is 12.2. The van der Waals surface area contributed by atoms with Gasteiger partial charge in [0.25, 0.3) is 0 Å². The van der Waals surface area contributed by atoms with Gasteiger partial charge in [0.15, 0.2) is 0 Å². The van der Waals surface area contributed by atoms with E-state index in [4.69, 9.17) is 13.6 Å². The van der Waals surface area contributed by atoms with Crippen molar-refractivity contribution in [3.8, 4) is 5.75 Å². The Morgan fingerprint density at radius 3 is 2.72 bits per heavy atom. The van der Waals surface area contributed by atoms with Crippen LogP contribution in [0.25, 0.3) is 0 Å². The van der Waals surface area contributed by atoms with Crippen LogP contribution in [-0.2, 0) is 0 Å². The lowest BCUT2D eigenvalue weighted by atomic mass is 9.94. The van der Waals surface area contributed by atoms with Crippen molar-refractivity contribution in [3.63, 3.8) is 0 Å². The molecule has 0 saturated carbocycles. The summed E-state index contributed by atoms with van der Waals surface area (Å²) in [6.45, 7) is 1.94. The number of rotatable bonds is 2. The lowest BCUT2D eigenvalue weighted by molar-refractivity contribution is 0.475. The minimum atomic E-state index is 0.166. The van der Waals surface area contributed by atoms with Gasteiger partial charge in [0.05, 0.1) is 5.69 Å². The lowest BCUT2D eigenvalue weighted by Crippen LogP contribution is -2.00. The van der Waals surface area contributed by atoms with Gasteiger partial charge in [-0.3, -0.25) is 4.99 Å². The molecule has 3 nitrogen and oxygen atoms in total. The van der Waals surface area contributed by atoms with Gasteiger partial charge >= 0.3 is 0 Å². The minimum Gasteiger partial charge on any atom is -0.508 e. The number of hydrogen-bond donors (Lipinski definition) is 2. The third-order valence-corrected chi connectivity index (χ3v) is 2.63. The van der Waals surface area contributed by atoms with Crippen LogP contribution in [-0.4, -0.2) is 19.2 Å². The molecule has 4 heteroatoms. The number of benzene rings is 2. The molecule has 18 heavy (non-hydrogen) atoms. The number of nitrogens with two attached hydrogens (primary N) is 1. The molecule has 0 aliphatic carbocycles. The summed E-state index contributed by atoms with van der Waals surface area (Å²) in [5, 5.41) is 9.39. The molecule has 0 atom stereocenters. The molecule has 0 aliphatic heterocycles. The highest BCUT2D eigenvalue weighted by Gasteiger charge is 1.99. The molecule has 3 N–H and O–H groups in total. The summed E-state index contributed by atoms with van der Waals surface area (Å²) in [5.74, 6) is 0.166. The number of anilines is 1. The Kier molecular flexibility index (Phi) is 3.37. The summed E-state index contributed by atoms with van der Waals surface area (Å²) in [4.78, 5) is 4.35. The number of nitrogens with zero attached hydrogens (tertiary/aromatic N) is 1. The molecule has 88 valence electrons. The third kappa shape index (κ3) is 2.72. The largest absolute Gasteiger partial charge is 0.508 e. The van der Waals surface area contributed by atoms with Crippen LogP contribution in [0.1, 0.15) is 11.1 Å². The van der Waals surface area contributed by atoms with E-state index in [0.29, 0.717) is 16.7 Å². The van der Waals surface area contributed by atoms with Gasteiger partial charge in [-0.2, -0.15) is 0 Å². The Morgan fingerprint density at radius 2 is 2.00 bits per heavy atom. The van der Waals surface area contributed by atoms with Gasteiger partial charge in [-0.25, -0.2) is 0 Å². The Labute approximate surface area is 107 Å². The monoisotopic (exact) mass is 236 g/mol. The van der Waals surface area contributed by atoms with Crippen LogP contribution in [0.5, 0.6) is 5.75 Å². The summed E-state index contributed by atoms with van der Waals surface area (Å²) < 4.78 is 0. The molecule has 0 spiro atoms. The molecule has 2 rings (SSSR count). The van der Waals surface area contributed by atoms with E-state index >= 15 is 0 Å². The van der Waals surface area contributed by atoms with Crippen LogP contribution in [0, 0.1) is 6.92 Å². The molecule has 2 aromatic carbocycles. The molecule has 2 aromatic rings. The third-order valence-electron chi connectivity index (χ3n) is 2.63. The fraction of sp³-hybridized carbons (Fsp3) is 0.0714. The first-order valence-electron chi connectivity index (χ1n) is 5.55. The van der Waals surface area contributed by atoms with Crippen molar-refractivity contribution in [1.29, 1.82) is 0 Å². The van der Waals surface area contributed by atoms with E-state index in [0.717, 1.165) is 11.3 Å². The molecule has 0 bridgehead atoms. The van der Waals surface area contributed by atoms with E-state index in [1.54, 1.807) is 30.5 Å². The second-order valence-electron chi connectivity index (χ2n) is 4.12. The Bertz CT molecular complexity index is 609. The van der Waals surface area contributed by atoms with Gasteiger partial charge in [-0.05, 0) is 36.8 Å². The van der Waals surface area contributed by atoms with E-state index in [-0.39, 0.29) is 5.75 Å². The fourth-order valence-electron chi connectivity index (χ4n) is 1.64. The van der Waals surface area contributed by atoms with E-state index in [2.05, 4.69) is 4.99 Å². The van der Waals surface area contributed by atoms with Crippen molar-refractivity contribution in [3.05, 3.63) is 47.5 Å². The van der Waals surface area contributed by atoms with Crippen molar-refractivity contribution in [2.45, 2.75) is 6.92 Å². The molecule has 0 amide bonds. The average Bonchev–Trinajstić information content (AvgIpc) is 2.32. The van der Waals surface area contributed by atoms with Crippen molar-refractivity contribution in [1.82, 2.24) is 0 Å². The van der Waals surface area contributed by atoms with Crippen LogP contribution in [0.4, 0.5) is 11.4 Å². The van der Waals surface area contributed by atoms with E-state index in [1.165, 1.54) is 0 Å². The predicted octanol–water partition coefficient (Wildman–Crippen LogP) is 1.83. The zero-order valence-corrected chi connectivity index (χ0v) is 10.1. The molecular weight excluding hydrogens is 223 g/mol. The second-order valence-corrected chi connectivity index (χ2v) is 4.12. The number of hydrogen-bond acceptors (Lipinski definition) is 3. The summed E-state index contributed by atoms with van der Waals surface area (Å²) in [7, 11) is 5.67. The molecule has 0 saturated heterocycles. The first-order valence-corrected chi connectivity index (χ1v) is 5.55. The molecular formula is C14H13BN2O. The Morgan fingerprint density at radius 1 is 1.22 bits per heavy atom. The Hall–Kier alpha value is -2.23. The number of aryl methyl sites for hydroxylation is 1. The van der Waals surface area contributed by atoms with Crippen molar-refractivity contribution in [2.75, 3.05) is 5.73 Å². The van der Waals surface area contributed by atoms with E-state index < -0.39 is 0 Å². The molecule has 0 aliphatic rings. The van der Waals surface area contributed by atoms with Gasteiger partial charge in [0.2, 0.25) is 0 Å². The van der Waals surface area contributed by atoms with Crippen LogP contribution in [0.15, 0.2) is 41.4 Å². The predicted molar refractivity (Wildman–Crippen MR) is 76.3 cm³/mol. The maximum atomic E-state index is 9.39. The fourth-order valence-corrected chi connectivity index (χ4v) is 1.64. The highest BCUT2D eigenvalue weighted by Crippen LogP contribution is 2.19. The van der Waals surface area contributed by atoms with Crippen molar-refractivity contribution < 1.29 is 5.11 Å². The number of aliphatic imine (C=N–C) groups is 1. The quantitative estimate of drug-likeness (QED) is 0.361. The van der Waals surface area contributed by atoms with Gasteiger partial charge in [0.1, 0.15) is 13.6 Å². The van der Waals surface area contributed by atoms with Gasteiger partial charge in [-0.15, -0.1) is 0 Å². The zero-order chi connectivity index (χ0) is 13.1. The topological polar surface area (TPSA) is 58.6 Å². The molecule has 0 unspecified atom stereocenters. The maximum Gasteiger partial charge on any atom is 0.116 e. The van der Waals surface area contributed by atoms with Crippen LogP contribution < -0.4 is 11.2 Å². The van der Waals surface area contributed by atoms with Gasteiger partial charge in [-0.1, -0.05) is 17.6 Å². The number of nitrogen functional groups attached to an aromatic ring is 1. The second kappa shape index (κ2) is 4.96. The van der Waals surface area contributed by atoms with Gasteiger partial charge in [0, 0.05) is 17.5 Å². The lowest BCUT2D eigenvalue weighted by Gasteiger charge is -2.03. The molecule has 0 heterocycles. The summed E-state index contributed by atoms with van der Waals surface area (Å²) >= 11 is 0. The van der Waals surface area contributed by atoms with Gasteiger partial charge < -0.3 is 10.8 Å². The smallest absolute Gasteiger partial charge is 0.116 e. The first-order chi connectivity index (χ1) is 8.56. The van der Waals surface area contributed by atoms with E-state index in [1.807, 2.05) is 19.1 Å². The molecule has 2 radical (unpaired) electrons. The standard InChI is InChI=1S/C14H13BN2O/c1-9-6-11(15)2-5-14(9)17-8-10-7-12(18)3-4-13(10)16/h2-8,18H,16H2,1H3. The van der Waals surface area contributed by atoms with Crippen molar-refractivity contribution >= 4 is 30.9 Å². The van der Waals surface area contributed by atoms with E-state index in [9.17, 15) is 5.11 Å². The number of aromatic hydroxyl groups is 1. The highest BCUT2D eigenvalue weighted by atomic mass is 16.3. The van der Waals surface area contributed by atoms with Crippen LogP contribution in [0.3, 0.4) is 0 Å². The number of phenolic OH excluding ortho intramolecular Hbond substituents is 1. The van der Waals surface area contributed by atoms with Crippen molar-refractivity contribution in [2.24, 2.45) is 4.99 Å². The Balaban J connectivity index is 2.32. The maximum absolute atomic E-state index is 9.39. The normalized spacial score (nSPS) is 10.9. The summed E-state index contributed by atoms with van der Waals surface area (Å²) in [6.07, 6.45) is 1.63. The SMILES string of the molecule is [B]c1ccc(N=Cc2cc(O)ccc2N)c(C)c1.